The summed E-state index contributed by atoms with van der Waals surface area (Å²) < 4.78 is 36.5. The number of sulfonamides is 1. The molecule has 2 fully saturated rings. The summed E-state index contributed by atoms with van der Waals surface area (Å²) in [4.78, 5) is 42.3. The van der Waals surface area contributed by atoms with Gasteiger partial charge in [0, 0.05) is 11.6 Å². The quantitative estimate of drug-likeness (QED) is 0.514. The number of amides is 3. The first-order chi connectivity index (χ1) is 16.2. The van der Waals surface area contributed by atoms with Crippen molar-refractivity contribution in [2.45, 2.75) is 61.9 Å². The van der Waals surface area contributed by atoms with Crippen LogP contribution in [0.25, 0.3) is 0 Å². The molecule has 10 heteroatoms. The Kier molecular flexibility index (Phi) is 6.81. The zero-order chi connectivity index (χ0) is 24.5. The van der Waals surface area contributed by atoms with Crippen LogP contribution in [0.2, 0.25) is 0 Å². The van der Waals surface area contributed by atoms with Gasteiger partial charge in [-0.05, 0) is 61.4 Å². The number of carbonyl (C=O) groups is 3. The number of rotatable bonds is 5. The van der Waals surface area contributed by atoms with Crippen LogP contribution < -0.4 is 10.0 Å². The molecule has 1 heterocycles. The molecule has 0 radical (unpaired) electrons. The molecule has 0 bridgehead atoms. The smallest absolute Gasteiger partial charge is 0.257 e. The van der Waals surface area contributed by atoms with E-state index in [9.17, 15) is 27.2 Å². The minimum absolute atomic E-state index is 0.140. The number of nitrogens with zero attached hydrogens (tertiary/aromatic N) is 2. The number of nitrogens with two attached hydrogens (primary N) is 1. The van der Waals surface area contributed by atoms with Gasteiger partial charge < -0.3 is 4.90 Å². The summed E-state index contributed by atoms with van der Waals surface area (Å²) in [6.45, 7) is 0. The SMILES string of the molecule is NS(=O)(=O)c1ccc(N2C(=O)CC(N(C(=O)c3ccc(F)cc3)C3CCCCCC3)C2=O)cc1. The molecule has 0 spiro atoms. The van der Waals surface area contributed by atoms with Gasteiger partial charge in [0.2, 0.25) is 15.9 Å². The molecule has 2 aliphatic rings. The Hall–Kier alpha value is -3.11. The Morgan fingerprint density at radius 2 is 1.53 bits per heavy atom. The van der Waals surface area contributed by atoms with E-state index in [0.717, 1.165) is 30.6 Å². The first-order valence-electron chi connectivity index (χ1n) is 11.2. The molecule has 34 heavy (non-hydrogen) atoms. The van der Waals surface area contributed by atoms with Gasteiger partial charge in [0.1, 0.15) is 11.9 Å². The van der Waals surface area contributed by atoms with Crippen molar-refractivity contribution >= 4 is 33.4 Å². The summed E-state index contributed by atoms with van der Waals surface area (Å²) in [5.41, 5.74) is 0.460. The van der Waals surface area contributed by atoms with Crippen LogP contribution in [0.1, 0.15) is 55.3 Å². The molecule has 1 aliphatic heterocycles. The number of anilines is 1. The summed E-state index contributed by atoms with van der Waals surface area (Å²) in [7, 11) is -3.93. The lowest BCUT2D eigenvalue weighted by atomic mass is 10.0. The van der Waals surface area contributed by atoms with Gasteiger partial charge in [-0.3, -0.25) is 14.4 Å². The van der Waals surface area contributed by atoms with E-state index >= 15 is 0 Å². The number of halogens is 1. The van der Waals surface area contributed by atoms with Crippen molar-refractivity contribution in [2.75, 3.05) is 4.90 Å². The summed E-state index contributed by atoms with van der Waals surface area (Å²) in [5.74, 6) is -1.92. The number of hydrogen-bond donors (Lipinski definition) is 1. The monoisotopic (exact) mass is 487 g/mol. The van der Waals surface area contributed by atoms with Crippen LogP contribution >= 0.6 is 0 Å². The van der Waals surface area contributed by atoms with Crippen LogP contribution in [-0.4, -0.2) is 43.1 Å². The third-order valence-electron chi connectivity index (χ3n) is 6.43. The van der Waals surface area contributed by atoms with E-state index in [1.807, 2.05) is 0 Å². The van der Waals surface area contributed by atoms with E-state index in [1.165, 1.54) is 53.4 Å². The fourth-order valence-electron chi connectivity index (χ4n) is 4.73. The van der Waals surface area contributed by atoms with Crippen molar-refractivity contribution < 1.29 is 27.2 Å². The molecule has 2 aromatic carbocycles. The Morgan fingerprint density at radius 1 is 0.941 bits per heavy atom. The fraction of sp³-hybridized carbons (Fsp3) is 0.375. The topological polar surface area (TPSA) is 118 Å². The van der Waals surface area contributed by atoms with E-state index < -0.39 is 39.6 Å². The van der Waals surface area contributed by atoms with Crippen molar-refractivity contribution in [3.05, 3.63) is 59.9 Å². The van der Waals surface area contributed by atoms with Gasteiger partial charge in [0.15, 0.2) is 0 Å². The fourth-order valence-corrected chi connectivity index (χ4v) is 5.24. The number of carbonyl (C=O) groups excluding carboxylic acids is 3. The van der Waals surface area contributed by atoms with Crippen LogP contribution in [-0.2, 0) is 19.6 Å². The maximum absolute atomic E-state index is 13.5. The second kappa shape index (κ2) is 9.63. The minimum atomic E-state index is -3.93. The number of primary sulfonamides is 1. The number of benzene rings is 2. The molecule has 4 rings (SSSR count). The third kappa shape index (κ3) is 4.88. The van der Waals surface area contributed by atoms with Crippen molar-refractivity contribution in [2.24, 2.45) is 5.14 Å². The maximum Gasteiger partial charge on any atom is 0.257 e. The molecule has 180 valence electrons. The lowest BCUT2D eigenvalue weighted by Crippen LogP contribution is -2.50. The Morgan fingerprint density at radius 3 is 2.09 bits per heavy atom. The summed E-state index contributed by atoms with van der Waals surface area (Å²) in [6, 6.07) is 9.08. The van der Waals surface area contributed by atoms with E-state index in [1.54, 1.807) is 0 Å². The molecule has 1 atom stereocenters. The van der Waals surface area contributed by atoms with Gasteiger partial charge in [-0.1, -0.05) is 25.7 Å². The molecule has 0 aromatic heterocycles. The zero-order valence-corrected chi connectivity index (χ0v) is 19.3. The average molecular weight is 488 g/mol. The molecule has 2 N–H and O–H groups in total. The van der Waals surface area contributed by atoms with Gasteiger partial charge in [-0.25, -0.2) is 22.8 Å². The molecule has 1 aliphatic carbocycles. The normalized spacial score (nSPS) is 19.8. The molecular weight excluding hydrogens is 461 g/mol. The van der Waals surface area contributed by atoms with Crippen LogP contribution in [0.5, 0.6) is 0 Å². The average Bonchev–Trinajstić information content (AvgIpc) is 2.96. The van der Waals surface area contributed by atoms with Crippen molar-refractivity contribution in [3.63, 3.8) is 0 Å². The number of imide groups is 1. The highest BCUT2D eigenvalue weighted by atomic mass is 32.2. The van der Waals surface area contributed by atoms with Gasteiger partial charge in [-0.15, -0.1) is 0 Å². The second-order valence-electron chi connectivity index (χ2n) is 8.69. The Balaban J connectivity index is 1.67. The van der Waals surface area contributed by atoms with E-state index in [-0.39, 0.29) is 28.6 Å². The van der Waals surface area contributed by atoms with Crippen molar-refractivity contribution in [1.29, 1.82) is 0 Å². The predicted molar refractivity (Wildman–Crippen MR) is 123 cm³/mol. The largest absolute Gasteiger partial charge is 0.323 e. The number of hydrogen-bond acceptors (Lipinski definition) is 5. The first-order valence-corrected chi connectivity index (χ1v) is 12.8. The lowest BCUT2D eigenvalue weighted by molar-refractivity contribution is -0.123. The lowest BCUT2D eigenvalue weighted by Gasteiger charge is -2.35. The summed E-state index contributed by atoms with van der Waals surface area (Å²) in [5, 5.41) is 5.13. The van der Waals surface area contributed by atoms with Gasteiger partial charge in [0.25, 0.3) is 11.8 Å². The van der Waals surface area contributed by atoms with E-state index in [2.05, 4.69) is 0 Å². The zero-order valence-electron chi connectivity index (χ0n) is 18.5. The highest BCUT2D eigenvalue weighted by Gasteiger charge is 2.46. The van der Waals surface area contributed by atoms with Crippen molar-refractivity contribution in [1.82, 2.24) is 4.90 Å². The standard InChI is InChI=1S/C24H26FN3O5S/c25-17-9-7-16(8-10-17)23(30)27(18-5-3-1-2-4-6-18)21-15-22(29)28(24(21)31)19-11-13-20(14-12-19)34(26,32)33/h7-14,18,21H,1-6,15H2,(H2,26,32,33). The van der Waals surface area contributed by atoms with Gasteiger partial charge >= 0.3 is 0 Å². The van der Waals surface area contributed by atoms with Crippen LogP contribution in [0.15, 0.2) is 53.4 Å². The Bertz CT molecular complexity index is 1190. The molecule has 1 saturated carbocycles. The summed E-state index contributed by atoms with van der Waals surface area (Å²) >= 11 is 0. The molecular formula is C24H26FN3O5S. The highest BCUT2D eigenvalue weighted by Crippen LogP contribution is 2.32. The molecule has 8 nitrogen and oxygen atoms in total. The molecule has 3 amide bonds. The molecule has 1 unspecified atom stereocenters. The minimum Gasteiger partial charge on any atom is -0.323 e. The molecule has 1 saturated heterocycles. The van der Waals surface area contributed by atoms with E-state index in [4.69, 9.17) is 5.14 Å². The highest BCUT2D eigenvalue weighted by molar-refractivity contribution is 7.89. The Labute approximate surface area is 197 Å². The molecule has 2 aromatic rings. The summed E-state index contributed by atoms with van der Waals surface area (Å²) in [6.07, 6.45) is 5.14. The van der Waals surface area contributed by atoms with Gasteiger partial charge in [-0.2, -0.15) is 0 Å². The van der Waals surface area contributed by atoms with Crippen LogP contribution in [0, 0.1) is 5.82 Å². The van der Waals surface area contributed by atoms with Crippen LogP contribution in [0.3, 0.4) is 0 Å². The van der Waals surface area contributed by atoms with E-state index in [0.29, 0.717) is 12.8 Å². The second-order valence-corrected chi connectivity index (χ2v) is 10.3. The third-order valence-corrected chi connectivity index (χ3v) is 7.36. The van der Waals surface area contributed by atoms with Gasteiger partial charge in [0.05, 0.1) is 17.0 Å². The van der Waals surface area contributed by atoms with Crippen LogP contribution in [0.4, 0.5) is 10.1 Å². The predicted octanol–water partition coefficient (Wildman–Crippen LogP) is 2.97. The first kappa shape index (κ1) is 24.0. The van der Waals surface area contributed by atoms with Crippen molar-refractivity contribution in [3.8, 4) is 0 Å². The maximum atomic E-state index is 13.5.